The second-order valence-electron chi connectivity index (χ2n) is 7.03. The summed E-state index contributed by atoms with van der Waals surface area (Å²) in [5, 5.41) is 43.1. The number of aliphatic hydroxyl groups is 3. The van der Waals surface area contributed by atoms with Crippen molar-refractivity contribution in [3.63, 3.8) is 0 Å². The highest BCUT2D eigenvalue weighted by atomic mass is 16.6. The average Bonchev–Trinajstić information content (AvgIpc) is 3.00. The summed E-state index contributed by atoms with van der Waals surface area (Å²) in [5.41, 5.74) is 6.11. The van der Waals surface area contributed by atoms with Gasteiger partial charge in [-0.15, -0.1) is 0 Å². The third kappa shape index (κ3) is 5.31. The Bertz CT molecular complexity index is 982. The van der Waals surface area contributed by atoms with Gasteiger partial charge in [-0.1, -0.05) is 12.1 Å². The Kier molecular flexibility index (Phi) is 7.09. The fourth-order valence-corrected chi connectivity index (χ4v) is 3.20. The number of aromatic nitrogens is 2. The molecule has 1 fully saturated rings. The molecule has 2 unspecified atom stereocenters. The quantitative estimate of drug-likeness (QED) is 0.181. The molecule has 0 bridgehead atoms. The highest BCUT2D eigenvalue weighted by Crippen LogP contribution is 2.29. The monoisotopic (exact) mass is 434 g/mol. The molecule has 1 aliphatic heterocycles. The minimum absolute atomic E-state index is 0.0352. The van der Waals surface area contributed by atoms with Gasteiger partial charge in [0, 0.05) is 24.5 Å². The van der Waals surface area contributed by atoms with Crippen molar-refractivity contribution in [2.24, 2.45) is 11.6 Å². The lowest BCUT2D eigenvalue weighted by molar-refractivity contribution is -0.0452. The number of phenolic OH excluding ortho intramolecular Hbond substituents is 1. The van der Waals surface area contributed by atoms with E-state index in [-0.39, 0.29) is 37.0 Å². The minimum Gasteiger partial charge on any atom is -0.508 e. The molecule has 12 heteroatoms. The lowest BCUT2D eigenvalue weighted by atomic mass is 10.1. The fraction of sp³-hybridized carbons (Fsp3) is 0.368. The smallest absolute Gasteiger partial charge is 0.351 e. The maximum absolute atomic E-state index is 12.3. The maximum Gasteiger partial charge on any atom is 0.351 e. The Labute approximate surface area is 177 Å². The zero-order chi connectivity index (χ0) is 22.5. The Balaban J connectivity index is 1.69. The molecule has 0 aliphatic carbocycles. The van der Waals surface area contributed by atoms with E-state index in [0.717, 1.165) is 4.57 Å². The van der Waals surface area contributed by atoms with Crippen LogP contribution in [0.2, 0.25) is 0 Å². The molecular weight excluding hydrogens is 408 g/mol. The number of hydrogen-bond acceptors (Lipinski definition) is 11. The average molecular weight is 434 g/mol. The van der Waals surface area contributed by atoms with Crippen molar-refractivity contribution < 1.29 is 25.2 Å². The van der Waals surface area contributed by atoms with Crippen LogP contribution in [0.3, 0.4) is 0 Å². The lowest BCUT2D eigenvalue weighted by Gasteiger charge is -2.21. The zero-order valence-corrected chi connectivity index (χ0v) is 16.6. The Hall–Kier alpha value is -3.16. The van der Waals surface area contributed by atoms with Crippen LogP contribution >= 0.6 is 0 Å². The number of nitrogens with zero attached hydrogens (tertiary/aromatic N) is 3. The van der Waals surface area contributed by atoms with Gasteiger partial charge in [-0.3, -0.25) is 4.57 Å². The first-order valence-corrected chi connectivity index (χ1v) is 9.53. The molecule has 1 aromatic carbocycles. The van der Waals surface area contributed by atoms with Crippen molar-refractivity contribution in [2.75, 3.05) is 25.0 Å². The first kappa shape index (κ1) is 22.5. The first-order chi connectivity index (χ1) is 14.8. The largest absolute Gasteiger partial charge is 0.508 e. The molecule has 1 aliphatic rings. The van der Waals surface area contributed by atoms with Gasteiger partial charge in [0.1, 0.15) is 29.9 Å². The summed E-state index contributed by atoms with van der Waals surface area (Å²) in [6.07, 6.45) is -2.00. The van der Waals surface area contributed by atoms with Crippen molar-refractivity contribution in [3.8, 4) is 5.75 Å². The van der Waals surface area contributed by atoms with Crippen molar-refractivity contribution in [1.29, 1.82) is 0 Å². The van der Waals surface area contributed by atoms with E-state index in [1.54, 1.807) is 12.1 Å². The molecule has 0 radical (unpaired) electrons. The van der Waals surface area contributed by atoms with Crippen LogP contribution < -0.4 is 22.6 Å². The van der Waals surface area contributed by atoms with Gasteiger partial charge < -0.3 is 41.2 Å². The molecule has 1 saturated heterocycles. The van der Waals surface area contributed by atoms with Crippen LogP contribution in [0.5, 0.6) is 5.75 Å². The van der Waals surface area contributed by atoms with Crippen LogP contribution in [0.15, 0.2) is 47.5 Å². The summed E-state index contributed by atoms with van der Waals surface area (Å²) >= 11 is 0. The number of aromatic hydroxyl groups is 1. The number of ether oxygens (including phenoxy) is 1. The molecule has 0 amide bonds. The third-order valence-corrected chi connectivity index (χ3v) is 4.73. The number of rotatable bonds is 8. The molecule has 1 aromatic heterocycles. The van der Waals surface area contributed by atoms with E-state index in [4.69, 9.17) is 21.4 Å². The molecule has 9 N–H and O–H groups in total. The number of hydrogen-bond donors (Lipinski definition) is 7. The van der Waals surface area contributed by atoms with Crippen molar-refractivity contribution in [2.45, 2.75) is 24.5 Å². The standard InChI is InChI=1S/C19H26N6O6/c20-13(11-2-1-3-12(27)8-11)9-24(21)10-14-16(28)17(29)18(31-14)25-6-4-15(22-5-7-26)23-19(25)30/h1-4,6,8-9,14,16-18,26-29H,5,7,10,20-21H2,(H,22,23,30)/b13-9-/t14-,16?,17?,18-/m1/s1. The molecular formula is C19H26N6O6. The summed E-state index contributed by atoms with van der Waals surface area (Å²) in [7, 11) is 0. The van der Waals surface area contributed by atoms with Crippen LogP contribution in [0.4, 0.5) is 5.82 Å². The molecule has 31 heavy (non-hydrogen) atoms. The van der Waals surface area contributed by atoms with E-state index in [2.05, 4.69) is 10.3 Å². The van der Waals surface area contributed by atoms with Gasteiger partial charge in [0.15, 0.2) is 6.23 Å². The van der Waals surface area contributed by atoms with Gasteiger partial charge in [-0.25, -0.2) is 10.6 Å². The first-order valence-electron chi connectivity index (χ1n) is 9.53. The molecule has 2 aromatic rings. The summed E-state index contributed by atoms with van der Waals surface area (Å²) < 4.78 is 6.75. The van der Waals surface area contributed by atoms with E-state index in [1.165, 1.54) is 35.6 Å². The van der Waals surface area contributed by atoms with Gasteiger partial charge in [-0.05, 0) is 18.2 Å². The normalized spacial score (nSPS) is 23.7. The maximum atomic E-state index is 12.3. The SMILES string of the molecule is N/C(=C\N(N)C[C@H]1O[C@@H](n2ccc(NCCO)nc2=O)C(O)C1O)c1cccc(O)c1. The third-order valence-electron chi connectivity index (χ3n) is 4.73. The summed E-state index contributed by atoms with van der Waals surface area (Å²) in [5.74, 6) is 6.26. The van der Waals surface area contributed by atoms with Gasteiger partial charge >= 0.3 is 5.69 Å². The topological polar surface area (TPSA) is 192 Å². The second-order valence-corrected chi connectivity index (χ2v) is 7.03. The van der Waals surface area contributed by atoms with Gasteiger partial charge in [0.25, 0.3) is 0 Å². The van der Waals surface area contributed by atoms with E-state index < -0.39 is 30.2 Å². The number of aliphatic hydroxyl groups excluding tert-OH is 3. The molecule has 2 heterocycles. The van der Waals surface area contributed by atoms with E-state index >= 15 is 0 Å². The van der Waals surface area contributed by atoms with E-state index in [1.807, 2.05) is 0 Å². The van der Waals surface area contributed by atoms with Gasteiger partial charge in [0.2, 0.25) is 0 Å². The second kappa shape index (κ2) is 9.76. The number of phenols is 1. The summed E-state index contributed by atoms with van der Waals surface area (Å²) in [6.45, 7) is 0.0704. The molecule has 12 nitrogen and oxygen atoms in total. The molecule has 3 rings (SSSR count). The van der Waals surface area contributed by atoms with Crippen LogP contribution in [-0.4, -0.2) is 73.0 Å². The summed E-state index contributed by atoms with van der Waals surface area (Å²) in [6, 6.07) is 7.79. The molecule has 0 saturated carbocycles. The van der Waals surface area contributed by atoms with E-state index in [9.17, 15) is 20.1 Å². The summed E-state index contributed by atoms with van der Waals surface area (Å²) in [4.78, 5) is 16.1. The molecule has 0 spiro atoms. The Morgan fingerprint density at radius 3 is 2.77 bits per heavy atom. The van der Waals surface area contributed by atoms with Crippen molar-refractivity contribution in [1.82, 2.24) is 14.6 Å². The number of nitrogens with one attached hydrogen (secondary N) is 1. The van der Waals surface area contributed by atoms with Crippen LogP contribution in [0.25, 0.3) is 5.70 Å². The highest BCUT2D eigenvalue weighted by Gasteiger charge is 2.44. The van der Waals surface area contributed by atoms with Crippen LogP contribution in [0.1, 0.15) is 11.8 Å². The predicted molar refractivity (Wildman–Crippen MR) is 111 cm³/mol. The van der Waals surface area contributed by atoms with Crippen LogP contribution in [-0.2, 0) is 4.74 Å². The fourth-order valence-electron chi connectivity index (χ4n) is 3.20. The zero-order valence-electron chi connectivity index (χ0n) is 16.6. The predicted octanol–water partition coefficient (Wildman–Crippen LogP) is -1.89. The Morgan fingerprint density at radius 2 is 2.10 bits per heavy atom. The Morgan fingerprint density at radius 1 is 1.32 bits per heavy atom. The van der Waals surface area contributed by atoms with Crippen LogP contribution in [0, 0.1) is 0 Å². The number of hydrazine groups is 1. The number of anilines is 1. The van der Waals surface area contributed by atoms with Gasteiger partial charge in [0.05, 0.1) is 18.8 Å². The van der Waals surface area contributed by atoms with E-state index in [0.29, 0.717) is 5.56 Å². The minimum atomic E-state index is -1.39. The van der Waals surface area contributed by atoms with Crippen molar-refractivity contribution in [3.05, 3.63) is 58.8 Å². The molecule has 168 valence electrons. The lowest BCUT2D eigenvalue weighted by Crippen LogP contribution is -2.41. The number of nitrogens with two attached hydrogens (primary N) is 2. The highest BCUT2D eigenvalue weighted by molar-refractivity contribution is 5.63. The van der Waals surface area contributed by atoms with Gasteiger partial charge in [-0.2, -0.15) is 4.98 Å². The van der Waals surface area contributed by atoms with Crippen molar-refractivity contribution >= 4 is 11.5 Å². The number of benzene rings is 1. The molecule has 4 atom stereocenters.